The number of aromatic nitrogens is 3. The van der Waals surface area contributed by atoms with Crippen LogP contribution in [0.1, 0.15) is 10.4 Å². The van der Waals surface area contributed by atoms with E-state index in [0.29, 0.717) is 28.2 Å². The van der Waals surface area contributed by atoms with Crippen molar-refractivity contribution in [2.45, 2.75) is 0 Å². The molecular formula is C15H11N3O4. The van der Waals surface area contributed by atoms with Gasteiger partial charge in [0.25, 0.3) is 5.56 Å². The number of ether oxygens (including phenoxy) is 2. The molecular weight excluding hydrogens is 286 g/mol. The van der Waals surface area contributed by atoms with Crippen LogP contribution >= 0.6 is 0 Å². The summed E-state index contributed by atoms with van der Waals surface area (Å²) in [5.74, 6) is 0.359. The third kappa shape index (κ3) is 2.64. The van der Waals surface area contributed by atoms with Gasteiger partial charge in [0.05, 0.1) is 18.9 Å². The summed E-state index contributed by atoms with van der Waals surface area (Å²) in [5, 5.41) is 0. The van der Waals surface area contributed by atoms with Crippen molar-refractivity contribution in [2.75, 3.05) is 7.11 Å². The summed E-state index contributed by atoms with van der Waals surface area (Å²) >= 11 is 0. The number of hydrogen-bond acceptors (Lipinski definition) is 6. The molecule has 0 spiro atoms. The maximum absolute atomic E-state index is 11.5. The monoisotopic (exact) mass is 297 g/mol. The van der Waals surface area contributed by atoms with Crippen molar-refractivity contribution in [1.82, 2.24) is 15.0 Å². The van der Waals surface area contributed by atoms with Crippen LogP contribution in [-0.2, 0) is 4.74 Å². The lowest BCUT2D eigenvalue weighted by molar-refractivity contribution is 0.0600. The first-order chi connectivity index (χ1) is 10.7. The molecule has 3 rings (SSSR count). The summed E-state index contributed by atoms with van der Waals surface area (Å²) in [6, 6.07) is 8.13. The molecule has 7 nitrogen and oxygen atoms in total. The van der Waals surface area contributed by atoms with Crippen molar-refractivity contribution in [3.05, 3.63) is 58.6 Å². The van der Waals surface area contributed by atoms with Gasteiger partial charge in [-0.2, -0.15) is 0 Å². The van der Waals surface area contributed by atoms with Crippen LogP contribution in [-0.4, -0.2) is 28.0 Å². The van der Waals surface area contributed by atoms with Gasteiger partial charge in [-0.25, -0.2) is 14.8 Å². The second kappa shape index (κ2) is 5.65. The third-order valence-corrected chi connectivity index (χ3v) is 2.93. The van der Waals surface area contributed by atoms with Crippen LogP contribution in [0.25, 0.3) is 11.2 Å². The van der Waals surface area contributed by atoms with Gasteiger partial charge >= 0.3 is 5.97 Å². The van der Waals surface area contributed by atoms with E-state index in [0.717, 1.165) is 6.20 Å². The van der Waals surface area contributed by atoms with Crippen molar-refractivity contribution >= 4 is 17.1 Å². The highest BCUT2D eigenvalue weighted by molar-refractivity contribution is 5.89. The van der Waals surface area contributed by atoms with Crippen molar-refractivity contribution in [3.8, 4) is 11.5 Å². The quantitative estimate of drug-likeness (QED) is 0.742. The highest BCUT2D eigenvalue weighted by Crippen LogP contribution is 2.26. The second-order valence-corrected chi connectivity index (χ2v) is 4.38. The Kier molecular flexibility index (Phi) is 3.53. The van der Waals surface area contributed by atoms with Gasteiger partial charge < -0.3 is 14.5 Å². The highest BCUT2D eigenvalue weighted by Gasteiger charge is 2.09. The number of H-pyrrole nitrogens is 1. The van der Waals surface area contributed by atoms with Crippen LogP contribution in [0.4, 0.5) is 0 Å². The van der Waals surface area contributed by atoms with Gasteiger partial charge in [-0.05, 0) is 18.2 Å². The van der Waals surface area contributed by atoms with Gasteiger partial charge in [0.15, 0.2) is 11.4 Å². The second-order valence-electron chi connectivity index (χ2n) is 4.38. The predicted molar refractivity (Wildman–Crippen MR) is 78.0 cm³/mol. The summed E-state index contributed by atoms with van der Waals surface area (Å²) < 4.78 is 10.4. The van der Waals surface area contributed by atoms with Crippen LogP contribution in [0.5, 0.6) is 11.5 Å². The summed E-state index contributed by atoms with van der Waals surface area (Å²) in [4.78, 5) is 33.5. The van der Waals surface area contributed by atoms with E-state index >= 15 is 0 Å². The van der Waals surface area contributed by atoms with Crippen LogP contribution < -0.4 is 10.3 Å². The predicted octanol–water partition coefficient (Wildman–Crippen LogP) is 1.90. The molecule has 2 aromatic heterocycles. The number of aromatic amines is 1. The van der Waals surface area contributed by atoms with Crippen LogP contribution in [0.15, 0.2) is 47.5 Å². The van der Waals surface area contributed by atoms with Gasteiger partial charge in [0.1, 0.15) is 11.3 Å². The normalized spacial score (nSPS) is 10.4. The van der Waals surface area contributed by atoms with Gasteiger partial charge in [0, 0.05) is 12.3 Å². The molecule has 0 atom stereocenters. The number of nitrogens with one attached hydrogen (secondary N) is 1. The average molecular weight is 297 g/mol. The molecule has 22 heavy (non-hydrogen) atoms. The first kappa shape index (κ1) is 13.7. The molecule has 0 radical (unpaired) electrons. The lowest BCUT2D eigenvalue weighted by Gasteiger charge is -2.08. The lowest BCUT2D eigenvalue weighted by atomic mass is 10.2. The molecule has 2 heterocycles. The van der Waals surface area contributed by atoms with E-state index in [1.807, 2.05) is 0 Å². The number of carbonyl (C=O) groups is 1. The molecule has 0 fully saturated rings. The molecule has 0 saturated carbocycles. The maximum Gasteiger partial charge on any atom is 0.337 e. The van der Waals surface area contributed by atoms with E-state index in [4.69, 9.17) is 4.74 Å². The molecule has 110 valence electrons. The number of pyridine rings is 1. The standard InChI is InChI=1S/C15H11N3O4/c1-21-15(20)9-3-2-4-10(7-9)22-11-5-6-16-14-13(11)18-12(19)8-17-14/h2-8H,1H3,(H,18,19). The summed E-state index contributed by atoms with van der Waals surface area (Å²) in [5.41, 5.74) is 0.762. The Hall–Kier alpha value is -3.22. The zero-order valence-corrected chi connectivity index (χ0v) is 11.6. The Bertz CT molecular complexity index is 904. The fourth-order valence-corrected chi connectivity index (χ4v) is 1.94. The molecule has 1 N–H and O–H groups in total. The number of fused-ring (bicyclic) bond motifs is 1. The number of carbonyl (C=O) groups excluding carboxylic acids is 1. The number of rotatable bonds is 3. The Labute approximate surface area is 124 Å². The van der Waals surface area contributed by atoms with E-state index < -0.39 is 5.97 Å². The fraction of sp³-hybridized carbons (Fsp3) is 0.0667. The third-order valence-electron chi connectivity index (χ3n) is 2.93. The largest absolute Gasteiger partial charge is 0.465 e. The van der Waals surface area contributed by atoms with Crippen molar-refractivity contribution in [1.29, 1.82) is 0 Å². The highest BCUT2D eigenvalue weighted by atomic mass is 16.5. The summed E-state index contributed by atoms with van der Waals surface area (Å²) in [6.45, 7) is 0. The van der Waals surface area contributed by atoms with Gasteiger partial charge in [-0.1, -0.05) is 6.07 Å². The molecule has 0 aliphatic rings. The van der Waals surface area contributed by atoms with E-state index in [-0.39, 0.29) is 5.56 Å². The Morgan fingerprint density at radius 1 is 1.23 bits per heavy atom. The number of esters is 1. The van der Waals surface area contributed by atoms with Gasteiger partial charge in [-0.3, -0.25) is 4.79 Å². The maximum atomic E-state index is 11.5. The minimum atomic E-state index is -0.458. The zero-order chi connectivity index (χ0) is 15.5. The fourth-order valence-electron chi connectivity index (χ4n) is 1.94. The van der Waals surface area contributed by atoms with E-state index in [1.54, 1.807) is 30.3 Å². The molecule has 1 aromatic carbocycles. The van der Waals surface area contributed by atoms with Crippen molar-refractivity contribution < 1.29 is 14.3 Å². The molecule has 0 unspecified atom stereocenters. The number of benzene rings is 1. The summed E-state index contributed by atoms with van der Waals surface area (Å²) in [6.07, 6.45) is 2.67. The number of nitrogens with zero attached hydrogens (tertiary/aromatic N) is 2. The van der Waals surface area contributed by atoms with E-state index in [2.05, 4.69) is 19.7 Å². The van der Waals surface area contributed by atoms with Crippen LogP contribution in [0, 0.1) is 0 Å². The minimum absolute atomic E-state index is 0.353. The molecule has 7 heteroatoms. The van der Waals surface area contributed by atoms with E-state index in [9.17, 15) is 9.59 Å². The summed E-state index contributed by atoms with van der Waals surface area (Å²) in [7, 11) is 1.31. The molecule has 0 aliphatic heterocycles. The van der Waals surface area contributed by atoms with Crippen molar-refractivity contribution in [3.63, 3.8) is 0 Å². The number of methoxy groups -OCH3 is 1. The van der Waals surface area contributed by atoms with Crippen LogP contribution in [0.2, 0.25) is 0 Å². The first-order valence-corrected chi connectivity index (χ1v) is 6.37. The van der Waals surface area contributed by atoms with Crippen LogP contribution in [0.3, 0.4) is 0 Å². The van der Waals surface area contributed by atoms with Gasteiger partial charge in [0.2, 0.25) is 0 Å². The number of hydrogen-bond donors (Lipinski definition) is 1. The molecule has 0 aliphatic carbocycles. The SMILES string of the molecule is COC(=O)c1cccc(Oc2ccnc3ncc(=O)[nH]c23)c1. The first-order valence-electron chi connectivity index (χ1n) is 6.37. The zero-order valence-electron chi connectivity index (χ0n) is 11.6. The Morgan fingerprint density at radius 2 is 2.09 bits per heavy atom. The Balaban J connectivity index is 2.02. The molecule has 0 amide bonds. The smallest absolute Gasteiger partial charge is 0.337 e. The van der Waals surface area contributed by atoms with E-state index in [1.165, 1.54) is 13.3 Å². The topological polar surface area (TPSA) is 94.2 Å². The minimum Gasteiger partial charge on any atom is -0.465 e. The van der Waals surface area contributed by atoms with Gasteiger partial charge in [-0.15, -0.1) is 0 Å². The van der Waals surface area contributed by atoms with Crippen molar-refractivity contribution in [2.24, 2.45) is 0 Å². The lowest BCUT2D eigenvalue weighted by Crippen LogP contribution is -2.06. The Morgan fingerprint density at radius 3 is 2.91 bits per heavy atom. The average Bonchev–Trinajstić information content (AvgIpc) is 2.55. The molecule has 0 saturated heterocycles. The molecule has 3 aromatic rings. The molecule has 0 bridgehead atoms.